The predicted molar refractivity (Wildman–Crippen MR) is 197 cm³/mol. The van der Waals surface area contributed by atoms with E-state index < -0.39 is 132 Å². The molecule has 20 heteroatoms. The minimum atomic E-state index is -2.87. The van der Waals surface area contributed by atoms with Gasteiger partial charge in [-0.3, -0.25) is 33.8 Å². The summed E-state index contributed by atoms with van der Waals surface area (Å²) in [6.45, 7) is 7.05. The van der Waals surface area contributed by atoms with E-state index in [1.54, 1.807) is 0 Å². The second-order valence-corrected chi connectivity index (χ2v) is 16.1. The summed E-state index contributed by atoms with van der Waals surface area (Å²) in [5.74, 6) is -10.8. The molecule has 3 fully saturated rings. The van der Waals surface area contributed by atoms with E-state index in [1.165, 1.54) is 38.2 Å². The van der Waals surface area contributed by atoms with Gasteiger partial charge in [-0.1, -0.05) is 6.92 Å². The van der Waals surface area contributed by atoms with Crippen LogP contribution in [0.15, 0.2) is 41.3 Å². The third kappa shape index (κ3) is 7.59. The molecule has 0 amide bonds. The molecule has 61 heavy (non-hydrogen) atoms. The molecule has 0 radical (unpaired) electrons. The topological polar surface area (TPSA) is 266 Å². The summed E-state index contributed by atoms with van der Waals surface area (Å²) in [6, 6.07) is 4.17. The van der Waals surface area contributed by atoms with Gasteiger partial charge in [-0.15, -0.1) is 0 Å². The molecule has 3 unspecified atom stereocenters. The van der Waals surface area contributed by atoms with Gasteiger partial charge in [-0.25, -0.2) is 9.59 Å². The summed E-state index contributed by atoms with van der Waals surface area (Å²) >= 11 is 0. The Morgan fingerprint density at radius 3 is 2.05 bits per heavy atom. The van der Waals surface area contributed by atoms with Crippen molar-refractivity contribution in [3.05, 3.63) is 53.7 Å². The number of carbonyl (C=O) groups excluding carboxylic acids is 8. The smallest absolute Gasteiger partial charge is 0.341 e. The van der Waals surface area contributed by atoms with E-state index in [0.717, 1.165) is 54.1 Å². The number of aryl methyl sites for hydroxylation is 1. The first-order chi connectivity index (χ1) is 28.6. The van der Waals surface area contributed by atoms with E-state index in [9.17, 15) is 43.5 Å². The molecular weight excluding hydrogens is 810 g/mol. The van der Waals surface area contributed by atoms with Gasteiger partial charge in [0.1, 0.15) is 48.3 Å². The maximum absolute atomic E-state index is 14.3. The normalized spacial score (nSPS) is 35.4. The van der Waals surface area contributed by atoms with Crippen LogP contribution in [0.1, 0.15) is 88.2 Å². The van der Waals surface area contributed by atoms with Crippen molar-refractivity contribution in [2.45, 2.75) is 122 Å². The Bertz CT molecular complexity index is 2100. The summed E-state index contributed by atoms with van der Waals surface area (Å²) in [4.78, 5) is 113. The van der Waals surface area contributed by atoms with Gasteiger partial charge in [0.2, 0.25) is 0 Å². The van der Waals surface area contributed by atoms with Crippen molar-refractivity contribution < 1.29 is 90.5 Å². The third-order valence-corrected chi connectivity index (χ3v) is 11.8. The van der Waals surface area contributed by atoms with Crippen LogP contribution in [0.25, 0.3) is 0 Å². The van der Waals surface area contributed by atoms with Crippen LogP contribution in [0.3, 0.4) is 0 Å². The molecule has 20 nitrogen and oxygen atoms in total. The van der Waals surface area contributed by atoms with E-state index in [1.807, 2.05) is 0 Å². The lowest BCUT2D eigenvalue weighted by molar-refractivity contribution is -0.386. The monoisotopic (exact) mass is 857 g/mol. The van der Waals surface area contributed by atoms with Crippen LogP contribution in [-0.2, 0) is 77.8 Å². The molecule has 4 heterocycles. The first kappa shape index (κ1) is 44.7. The largest absolute Gasteiger partial charge is 0.472 e. The van der Waals surface area contributed by atoms with Gasteiger partial charge in [0.05, 0.1) is 34.9 Å². The molecule has 4 bridgehead atoms. The summed E-state index contributed by atoms with van der Waals surface area (Å²) in [6.07, 6.45) is -8.59. The number of hydrogen-bond acceptors (Lipinski definition) is 20. The summed E-state index contributed by atoms with van der Waals surface area (Å²) < 4.78 is 60.1. The van der Waals surface area contributed by atoms with Crippen molar-refractivity contribution >= 4 is 47.8 Å². The Balaban J connectivity index is 1.77. The van der Waals surface area contributed by atoms with Gasteiger partial charge in [-0.05, 0) is 44.9 Å². The predicted octanol–water partition coefficient (Wildman–Crippen LogP) is 1.75. The van der Waals surface area contributed by atoms with Crippen molar-refractivity contribution in [1.82, 2.24) is 4.98 Å². The molecule has 1 N–H and O–H groups in total. The van der Waals surface area contributed by atoms with Gasteiger partial charge >= 0.3 is 47.8 Å². The first-order valence-electron chi connectivity index (χ1n) is 19.4. The zero-order valence-corrected chi connectivity index (χ0v) is 34.7. The lowest BCUT2D eigenvalue weighted by Gasteiger charge is -2.67. The average Bonchev–Trinajstić information content (AvgIpc) is 3.79. The van der Waals surface area contributed by atoms with E-state index >= 15 is 0 Å². The maximum atomic E-state index is 14.3. The highest BCUT2D eigenvalue weighted by molar-refractivity contribution is 5.91. The second kappa shape index (κ2) is 16.5. The minimum absolute atomic E-state index is 0.0163. The molecule has 6 rings (SSSR count). The summed E-state index contributed by atoms with van der Waals surface area (Å²) in [5, 5.41) is 13.6. The number of aliphatic hydroxyl groups is 1. The number of ether oxygens (including phenoxy) is 9. The Morgan fingerprint density at radius 2 is 1.46 bits per heavy atom. The van der Waals surface area contributed by atoms with Crippen LogP contribution in [-0.4, -0.2) is 124 Å². The van der Waals surface area contributed by atoms with E-state index in [-0.39, 0.29) is 29.7 Å². The number of furan rings is 1. The zero-order valence-electron chi connectivity index (χ0n) is 34.7. The highest BCUT2D eigenvalue weighted by Crippen LogP contribution is 2.70. The van der Waals surface area contributed by atoms with Gasteiger partial charge in [0.15, 0.2) is 30.0 Å². The molecule has 2 aliphatic heterocycles. The van der Waals surface area contributed by atoms with Crippen molar-refractivity contribution in [1.29, 1.82) is 0 Å². The number of hydrogen-bond donors (Lipinski definition) is 1. The Morgan fingerprint density at radius 1 is 0.836 bits per heavy atom. The molecule has 0 aromatic carbocycles. The van der Waals surface area contributed by atoms with E-state index in [2.05, 4.69) is 4.98 Å². The number of carbonyl (C=O) groups is 8. The molecule has 330 valence electrons. The minimum Gasteiger partial charge on any atom is -0.472 e. The number of nitrogens with zero attached hydrogens (tertiary/aromatic N) is 1. The number of pyridine rings is 1. The standard InChI is InChI=1S/C41H47NO19/c1-19-11-12-27-26(10-9-14-42-27)37(50)54-17-38(7)28-29(55-21(3)44)33(57-23(5)46)40(18-53-20(2)43)34(58-24(6)47)30(59-36(49)25-13-15-52-16-25)32(60-35(19)48)39(8,51)41(40,61-38)31(28)56-22(4)45/h9-10,13-16,19,28-34,51H,11-12,17-18H2,1-8H3/t19?,28-,29-,30+,31-,32+,33-,34+,38?,39?,40-,41+/m1/s1. The Labute approximate surface area is 348 Å². The molecule has 2 saturated carbocycles. The molecule has 4 aliphatic rings. The van der Waals surface area contributed by atoms with Gasteiger partial charge in [-0.2, -0.15) is 0 Å². The van der Waals surface area contributed by atoms with Crippen molar-refractivity contribution in [2.75, 3.05) is 13.2 Å². The van der Waals surface area contributed by atoms with Gasteiger partial charge in [0.25, 0.3) is 0 Å². The lowest BCUT2D eigenvalue weighted by atomic mass is 9.45. The van der Waals surface area contributed by atoms with Gasteiger partial charge in [0, 0.05) is 40.8 Å². The van der Waals surface area contributed by atoms with Crippen LogP contribution in [0.2, 0.25) is 0 Å². The average molecular weight is 858 g/mol. The molecule has 2 aromatic heterocycles. The third-order valence-electron chi connectivity index (χ3n) is 11.8. The first-order valence-corrected chi connectivity index (χ1v) is 19.4. The zero-order chi connectivity index (χ0) is 44.8. The van der Waals surface area contributed by atoms with Crippen molar-refractivity contribution in [3.63, 3.8) is 0 Å². The fraction of sp³-hybridized carbons (Fsp3) is 0.585. The van der Waals surface area contributed by atoms with Crippen LogP contribution >= 0.6 is 0 Å². The molecule has 12 atom stereocenters. The molecule has 1 spiro atoms. The van der Waals surface area contributed by atoms with Crippen LogP contribution < -0.4 is 0 Å². The number of cyclic esters (lactones) is 1. The maximum Gasteiger partial charge on any atom is 0.341 e. The number of esters is 8. The molecule has 2 aliphatic carbocycles. The quantitative estimate of drug-likeness (QED) is 0.293. The summed E-state index contributed by atoms with van der Waals surface area (Å²) in [5.41, 5.74) is -10.3. The van der Waals surface area contributed by atoms with Crippen LogP contribution in [0.5, 0.6) is 0 Å². The number of aromatic nitrogens is 1. The molecular formula is C41H47NO19. The Hall–Kier alpha value is -5.89. The molecule has 1 saturated heterocycles. The molecule has 2 aromatic rings. The number of fused-ring (bicyclic) bond motifs is 5. The highest BCUT2D eigenvalue weighted by atomic mass is 16.7. The van der Waals surface area contributed by atoms with Crippen LogP contribution in [0.4, 0.5) is 0 Å². The van der Waals surface area contributed by atoms with Crippen molar-refractivity contribution in [2.24, 2.45) is 17.3 Å². The van der Waals surface area contributed by atoms with E-state index in [4.69, 9.17) is 47.0 Å². The summed E-state index contributed by atoms with van der Waals surface area (Å²) in [7, 11) is 0. The van der Waals surface area contributed by atoms with E-state index in [0.29, 0.717) is 0 Å². The SMILES string of the molecule is CC(=O)OC[C@]12[C@H](OC(C)=O)[C@H](OC(C)=O)[C@@H]3[C@@H](OC(C)=O)[C@@]14OC3(C)COC(=O)c1cccnc1CCC(C)C(=O)O[C@@H]([C@H](OC(=O)c1ccoc1)[C@@H]2OC(C)=O)C4(C)O. The van der Waals surface area contributed by atoms with Gasteiger partial charge < -0.3 is 52.2 Å². The fourth-order valence-electron chi connectivity index (χ4n) is 9.54. The van der Waals surface area contributed by atoms with Crippen LogP contribution in [0, 0.1) is 17.3 Å². The number of rotatable bonds is 8. The fourth-order valence-corrected chi connectivity index (χ4v) is 9.54. The van der Waals surface area contributed by atoms with Crippen molar-refractivity contribution in [3.8, 4) is 0 Å². The Kier molecular flexibility index (Phi) is 12.1. The highest BCUT2D eigenvalue weighted by Gasteiger charge is 2.92. The second-order valence-electron chi connectivity index (χ2n) is 16.1. The lowest BCUT2D eigenvalue weighted by Crippen LogP contribution is -2.89.